The van der Waals surface area contributed by atoms with Crippen LogP contribution in [-0.4, -0.2) is 46.6 Å². The minimum atomic E-state index is -0.216. The molecule has 6 heteroatoms. The lowest BCUT2D eigenvalue weighted by atomic mass is 9.89. The zero-order chi connectivity index (χ0) is 20.9. The Hall–Kier alpha value is -3.41. The van der Waals surface area contributed by atoms with Crippen molar-refractivity contribution in [3.8, 4) is 5.75 Å². The van der Waals surface area contributed by atoms with E-state index in [1.807, 2.05) is 53.3 Å². The second kappa shape index (κ2) is 8.95. The number of carbonyl (C=O) groups excluding carboxylic acids is 2. The van der Waals surface area contributed by atoms with Gasteiger partial charge >= 0.3 is 0 Å². The molecule has 0 bridgehead atoms. The average molecular weight is 403 g/mol. The van der Waals surface area contributed by atoms with Crippen LogP contribution in [0.15, 0.2) is 67.0 Å². The van der Waals surface area contributed by atoms with E-state index in [9.17, 15) is 9.59 Å². The van der Waals surface area contributed by atoms with Crippen molar-refractivity contribution in [3.63, 3.8) is 0 Å². The number of ether oxygens (including phenoxy) is 1. The van der Waals surface area contributed by atoms with Gasteiger partial charge in [-0.15, -0.1) is 0 Å². The van der Waals surface area contributed by atoms with Gasteiger partial charge in [0.25, 0.3) is 5.91 Å². The first-order valence-corrected chi connectivity index (χ1v) is 10.2. The third kappa shape index (κ3) is 4.27. The van der Waals surface area contributed by atoms with Gasteiger partial charge in [-0.3, -0.25) is 14.3 Å². The number of hydrogen-bond donors (Lipinski definition) is 0. The Morgan fingerprint density at radius 2 is 2.00 bits per heavy atom. The first-order chi connectivity index (χ1) is 14.7. The smallest absolute Gasteiger partial charge is 0.253 e. The van der Waals surface area contributed by atoms with Crippen molar-refractivity contribution >= 4 is 11.7 Å². The summed E-state index contributed by atoms with van der Waals surface area (Å²) in [5.41, 5.74) is 2.24. The fraction of sp³-hybridized carbons (Fsp3) is 0.292. The highest BCUT2D eigenvalue weighted by molar-refractivity contribution is 6.01. The maximum Gasteiger partial charge on any atom is 0.253 e. The van der Waals surface area contributed by atoms with E-state index in [2.05, 4.69) is 5.10 Å². The quantitative estimate of drug-likeness (QED) is 0.589. The van der Waals surface area contributed by atoms with Gasteiger partial charge in [0.2, 0.25) is 0 Å². The number of nitrogens with zero attached hydrogens (tertiary/aromatic N) is 3. The molecule has 0 aliphatic carbocycles. The third-order valence-electron chi connectivity index (χ3n) is 5.53. The van der Waals surface area contributed by atoms with Crippen molar-refractivity contribution in [1.29, 1.82) is 0 Å². The van der Waals surface area contributed by atoms with Crippen molar-refractivity contribution in [1.82, 2.24) is 14.7 Å². The van der Waals surface area contributed by atoms with Gasteiger partial charge in [-0.1, -0.05) is 24.3 Å². The van der Waals surface area contributed by atoms with Crippen molar-refractivity contribution in [3.05, 3.63) is 83.7 Å². The van der Waals surface area contributed by atoms with Crippen LogP contribution in [0.1, 0.15) is 39.1 Å². The molecule has 1 saturated heterocycles. The molecular weight excluding hydrogens is 378 g/mol. The number of Topliss-reactive ketones (excluding diaryl/α,β-unsaturated/α-hetero) is 1. The van der Waals surface area contributed by atoms with E-state index in [4.69, 9.17) is 4.74 Å². The number of para-hydroxylation sites is 1. The van der Waals surface area contributed by atoms with Crippen LogP contribution >= 0.6 is 0 Å². The van der Waals surface area contributed by atoms with Gasteiger partial charge in [-0.05, 0) is 48.7 Å². The van der Waals surface area contributed by atoms with Gasteiger partial charge in [0, 0.05) is 37.0 Å². The Balaban J connectivity index is 1.48. The highest BCUT2D eigenvalue weighted by Crippen LogP contribution is 2.27. The summed E-state index contributed by atoms with van der Waals surface area (Å²) >= 11 is 0. The molecule has 2 heterocycles. The minimum absolute atomic E-state index is 0.0326. The van der Waals surface area contributed by atoms with Crippen LogP contribution in [0.25, 0.3) is 0 Å². The van der Waals surface area contributed by atoms with E-state index < -0.39 is 0 Å². The molecule has 30 heavy (non-hydrogen) atoms. The Bertz CT molecular complexity index is 1030. The first-order valence-electron chi connectivity index (χ1n) is 10.2. The minimum Gasteiger partial charge on any atom is -0.496 e. The summed E-state index contributed by atoms with van der Waals surface area (Å²) < 4.78 is 7.17. The molecule has 0 unspecified atom stereocenters. The molecule has 0 radical (unpaired) electrons. The van der Waals surface area contributed by atoms with Crippen LogP contribution in [0.4, 0.5) is 0 Å². The number of likely N-dealkylation sites (tertiary alicyclic amines) is 1. The molecule has 2 aromatic carbocycles. The predicted octanol–water partition coefficient (Wildman–Crippen LogP) is 3.68. The number of amides is 1. The van der Waals surface area contributed by atoms with Crippen molar-refractivity contribution < 1.29 is 14.3 Å². The highest BCUT2D eigenvalue weighted by atomic mass is 16.5. The molecule has 0 spiro atoms. The van der Waals surface area contributed by atoms with E-state index in [1.54, 1.807) is 30.3 Å². The molecule has 1 aliphatic heterocycles. The summed E-state index contributed by atoms with van der Waals surface area (Å²) in [6.45, 7) is 1.71. The van der Waals surface area contributed by atoms with Gasteiger partial charge in [0.05, 0.1) is 19.2 Å². The lowest BCUT2D eigenvalue weighted by molar-refractivity contribution is 0.0636. The summed E-state index contributed by atoms with van der Waals surface area (Å²) in [4.78, 5) is 28.0. The van der Waals surface area contributed by atoms with Crippen LogP contribution in [-0.2, 0) is 6.54 Å². The van der Waals surface area contributed by atoms with Crippen molar-refractivity contribution in [2.24, 2.45) is 5.92 Å². The average Bonchev–Trinajstić information content (AvgIpc) is 3.31. The summed E-state index contributed by atoms with van der Waals surface area (Å²) in [5, 5.41) is 4.22. The van der Waals surface area contributed by atoms with Gasteiger partial charge in [0.15, 0.2) is 5.78 Å². The Labute approximate surface area is 176 Å². The molecule has 6 nitrogen and oxygen atoms in total. The maximum absolute atomic E-state index is 13.1. The largest absolute Gasteiger partial charge is 0.496 e. The van der Waals surface area contributed by atoms with Crippen LogP contribution in [0.3, 0.4) is 0 Å². The van der Waals surface area contributed by atoms with Gasteiger partial charge < -0.3 is 9.64 Å². The maximum atomic E-state index is 13.1. The number of piperidine rings is 1. The van der Waals surface area contributed by atoms with Crippen LogP contribution in [0, 0.1) is 5.92 Å². The number of rotatable bonds is 6. The Kier molecular flexibility index (Phi) is 5.93. The number of benzene rings is 2. The molecule has 0 N–H and O–H groups in total. The zero-order valence-corrected chi connectivity index (χ0v) is 17.0. The SMILES string of the molecule is COc1ccccc1C(=O)[C@@H]1CCCN(C(=O)c2cccc(Cn3cccn3)c2)C1. The second-order valence-electron chi connectivity index (χ2n) is 7.56. The van der Waals surface area contributed by atoms with Gasteiger partial charge in [-0.2, -0.15) is 5.10 Å². The van der Waals surface area contributed by atoms with Crippen LogP contribution in [0.2, 0.25) is 0 Å². The molecular formula is C24H25N3O3. The number of carbonyl (C=O) groups is 2. The van der Waals surface area contributed by atoms with Crippen molar-refractivity contribution in [2.45, 2.75) is 19.4 Å². The van der Waals surface area contributed by atoms with Crippen LogP contribution in [0.5, 0.6) is 5.75 Å². The Morgan fingerprint density at radius 3 is 2.80 bits per heavy atom. The summed E-state index contributed by atoms with van der Waals surface area (Å²) in [7, 11) is 1.57. The fourth-order valence-corrected chi connectivity index (χ4v) is 4.01. The molecule has 1 amide bonds. The van der Waals surface area contributed by atoms with Crippen LogP contribution < -0.4 is 4.74 Å². The number of methoxy groups -OCH3 is 1. The van der Waals surface area contributed by atoms with Crippen molar-refractivity contribution in [2.75, 3.05) is 20.2 Å². The third-order valence-corrected chi connectivity index (χ3v) is 5.53. The fourth-order valence-electron chi connectivity index (χ4n) is 4.01. The molecule has 1 atom stereocenters. The lowest BCUT2D eigenvalue weighted by Crippen LogP contribution is -2.42. The summed E-state index contributed by atoms with van der Waals surface area (Å²) in [5.74, 6) is 0.371. The second-order valence-corrected chi connectivity index (χ2v) is 7.56. The van der Waals surface area contributed by atoms with E-state index in [1.165, 1.54) is 0 Å². The number of ketones is 1. The normalized spacial score (nSPS) is 16.3. The van der Waals surface area contributed by atoms with E-state index in [-0.39, 0.29) is 17.6 Å². The standard InChI is InChI=1S/C24H25N3O3/c1-30-22-11-3-2-10-21(22)23(28)20-9-5-13-26(17-20)24(29)19-8-4-7-18(15-19)16-27-14-6-12-25-27/h2-4,6-8,10-12,14-15,20H,5,9,13,16-17H2,1H3/t20-/m1/s1. The lowest BCUT2D eigenvalue weighted by Gasteiger charge is -2.32. The molecule has 1 aliphatic rings. The number of aromatic nitrogens is 2. The van der Waals surface area contributed by atoms with Gasteiger partial charge in [-0.25, -0.2) is 0 Å². The topological polar surface area (TPSA) is 64.4 Å². The molecule has 154 valence electrons. The van der Waals surface area contributed by atoms with E-state index in [0.29, 0.717) is 36.5 Å². The molecule has 3 aromatic rings. The van der Waals surface area contributed by atoms with E-state index in [0.717, 1.165) is 18.4 Å². The monoisotopic (exact) mass is 403 g/mol. The summed E-state index contributed by atoms with van der Waals surface area (Å²) in [6.07, 6.45) is 5.22. The Morgan fingerprint density at radius 1 is 1.13 bits per heavy atom. The predicted molar refractivity (Wildman–Crippen MR) is 114 cm³/mol. The zero-order valence-electron chi connectivity index (χ0n) is 17.0. The molecule has 4 rings (SSSR count). The molecule has 0 saturated carbocycles. The number of hydrogen-bond acceptors (Lipinski definition) is 4. The van der Waals surface area contributed by atoms with E-state index >= 15 is 0 Å². The highest BCUT2D eigenvalue weighted by Gasteiger charge is 2.30. The molecule has 1 aromatic heterocycles. The molecule has 1 fully saturated rings. The first kappa shape index (κ1) is 19.9. The summed E-state index contributed by atoms with van der Waals surface area (Å²) in [6, 6.07) is 16.8. The van der Waals surface area contributed by atoms with Gasteiger partial charge in [0.1, 0.15) is 5.75 Å².